The first-order valence-corrected chi connectivity index (χ1v) is 10.8. The van der Waals surface area contributed by atoms with Crippen molar-refractivity contribution >= 4 is 17.5 Å². The van der Waals surface area contributed by atoms with Gasteiger partial charge in [0.15, 0.2) is 0 Å². The molecule has 0 radical (unpaired) electrons. The van der Waals surface area contributed by atoms with Gasteiger partial charge in [0, 0.05) is 36.0 Å². The summed E-state index contributed by atoms with van der Waals surface area (Å²) in [4.78, 5) is 20.0. The minimum atomic E-state index is -0.0852. The number of benzene rings is 1. The summed E-state index contributed by atoms with van der Waals surface area (Å²) < 4.78 is 1.90. The number of carbonyl (C=O) groups excluding carboxylic acids is 1. The van der Waals surface area contributed by atoms with Crippen LogP contribution in [0.4, 0.5) is 0 Å². The minimum Gasteiger partial charge on any atom is -0.347 e. The lowest BCUT2D eigenvalue weighted by molar-refractivity contribution is 0.0915. The van der Waals surface area contributed by atoms with E-state index in [4.69, 9.17) is 16.6 Å². The summed E-state index contributed by atoms with van der Waals surface area (Å²) in [6, 6.07) is 7.81. The zero-order valence-electron chi connectivity index (χ0n) is 16.5. The second-order valence-electron chi connectivity index (χ2n) is 8.35. The van der Waals surface area contributed by atoms with E-state index >= 15 is 0 Å². The fourth-order valence-electron chi connectivity index (χ4n) is 4.04. The van der Waals surface area contributed by atoms with Gasteiger partial charge >= 0.3 is 0 Å². The Morgan fingerprint density at radius 1 is 1.18 bits per heavy atom. The van der Waals surface area contributed by atoms with Gasteiger partial charge in [-0.2, -0.15) is 0 Å². The summed E-state index contributed by atoms with van der Waals surface area (Å²) in [6.07, 6.45) is 10.4. The average molecular weight is 401 g/mol. The van der Waals surface area contributed by atoms with Gasteiger partial charge in [0.05, 0.1) is 5.69 Å². The highest BCUT2D eigenvalue weighted by Crippen LogP contribution is 2.29. The molecule has 0 aliphatic heterocycles. The van der Waals surface area contributed by atoms with Gasteiger partial charge in [-0.25, -0.2) is 4.98 Å². The van der Waals surface area contributed by atoms with Gasteiger partial charge in [-0.3, -0.25) is 9.36 Å². The van der Waals surface area contributed by atoms with Crippen LogP contribution in [-0.4, -0.2) is 40.0 Å². The highest BCUT2D eigenvalue weighted by Gasteiger charge is 2.25. The third-order valence-corrected chi connectivity index (χ3v) is 5.95. The Bertz CT molecular complexity index is 806. The summed E-state index contributed by atoms with van der Waals surface area (Å²) in [7, 11) is 2.13. The second-order valence-corrected chi connectivity index (χ2v) is 8.79. The lowest BCUT2D eigenvalue weighted by Gasteiger charge is -2.22. The molecule has 0 spiro atoms. The predicted octanol–water partition coefficient (Wildman–Crippen LogP) is 4.43. The predicted molar refractivity (Wildman–Crippen MR) is 112 cm³/mol. The smallest absolute Gasteiger partial charge is 0.287 e. The number of amides is 1. The van der Waals surface area contributed by atoms with Crippen molar-refractivity contribution < 1.29 is 4.79 Å². The highest BCUT2D eigenvalue weighted by atomic mass is 35.5. The average Bonchev–Trinajstić information content (AvgIpc) is 3.39. The molecule has 0 unspecified atom stereocenters. The number of hydrogen-bond donors (Lipinski definition) is 1. The van der Waals surface area contributed by atoms with Crippen LogP contribution in [0.1, 0.15) is 61.3 Å². The number of hydrogen-bond acceptors (Lipinski definition) is 3. The van der Waals surface area contributed by atoms with E-state index in [1.165, 1.54) is 32.1 Å². The largest absolute Gasteiger partial charge is 0.347 e. The molecule has 2 saturated carbocycles. The van der Waals surface area contributed by atoms with Crippen molar-refractivity contribution in [2.45, 2.75) is 57.5 Å². The van der Waals surface area contributed by atoms with Gasteiger partial charge < -0.3 is 10.2 Å². The number of rotatable bonds is 7. The molecular weight excluding hydrogens is 372 g/mol. The van der Waals surface area contributed by atoms with Gasteiger partial charge in [0.2, 0.25) is 5.82 Å². The Labute approximate surface area is 172 Å². The molecule has 28 heavy (non-hydrogen) atoms. The van der Waals surface area contributed by atoms with Crippen molar-refractivity contribution in [1.82, 2.24) is 19.8 Å². The van der Waals surface area contributed by atoms with Gasteiger partial charge in [0.1, 0.15) is 0 Å². The van der Waals surface area contributed by atoms with Crippen LogP contribution >= 0.6 is 11.6 Å². The summed E-state index contributed by atoms with van der Waals surface area (Å²) >= 11 is 6.05. The molecule has 1 N–H and O–H groups in total. The van der Waals surface area contributed by atoms with Gasteiger partial charge in [-0.05, 0) is 62.9 Å². The van der Waals surface area contributed by atoms with E-state index in [9.17, 15) is 4.79 Å². The van der Waals surface area contributed by atoms with Crippen molar-refractivity contribution in [3.8, 4) is 5.69 Å². The number of aromatic nitrogens is 2. The first-order valence-electron chi connectivity index (χ1n) is 10.4. The van der Waals surface area contributed by atoms with E-state index in [0.717, 1.165) is 43.2 Å². The molecule has 150 valence electrons. The standard InChI is InChI=1S/C22H29ClN4O/c1-26(13-16-7-8-16)14-19-15-27(20-11-9-17(23)10-12-20)21(24-19)22(28)25-18-5-3-2-4-6-18/h9-12,15-16,18H,2-8,13-14H2,1H3,(H,25,28). The summed E-state index contributed by atoms with van der Waals surface area (Å²) in [6.45, 7) is 1.85. The first-order chi connectivity index (χ1) is 13.6. The van der Waals surface area contributed by atoms with Crippen molar-refractivity contribution in [3.63, 3.8) is 0 Å². The van der Waals surface area contributed by atoms with Crippen LogP contribution in [0, 0.1) is 5.92 Å². The second kappa shape index (κ2) is 8.66. The molecule has 1 heterocycles. The topological polar surface area (TPSA) is 50.2 Å². The van der Waals surface area contributed by atoms with Crippen molar-refractivity contribution in [2.75, 3.05) is 13.6 Å². The van der Waals surface area contributed by atoms with Crippen molar-refractivity contribution in [3.05, 3.63) is 47.0 Å². The van der Waals surface area contributed by atoms with Gasteiger partial charge in [0.25, 0.3) is 5.91 Å². The zero-order valence-corrected chi connectivity index (χ0v) is 17.3. The van der Waals surface area contributed by atoms with Crippen LogP contribution in [0.2, 0.25) is 5.02 Å². The Morgan fingerprint density at radius 3 is 2.57 bits per heavy atom. The summed E-state index contributed by atoms with van der Waals surface area (Å²) in [5.41, 5.74) is 1.83. The van der Waals surface area contributed by atoms with Gasteiger partial charge in [-0.15, -0.1) is 0 Å². The van der Waals surface area contributed by atoms with E-state index in [2.05, 4.69) is 17.3 Å². The van der Waals surface area contributed by atoms with E-state index < -0.39 is 0 Å². The fourth-order valence-corrected chi connectivity index (χ4v) is 4.17. The first kappa shape index (κ1) is 19.5. The Balaban J connectivity index is 1.56. The molecule has 0 saturated heterocycles. The van der Waals surface area contributed by atoms with E-state index in [0.29, 0.717) is 10.8 Å². The maximum Gasteiger partial charge on any atom is 0.287 e. The molecule has 1 aromatic carbocycles. The highest BCUT2D eigenvalue weighted by molar-refractivity contribution is 6.30. The molecule has 0 atom stereocenters. The Hall–Kier alpha value is -1.85. The molecule has 2 aliphatic rings. The lowest BCUT2D eigenvalue weighted by Crippen LogP contribution is -2.37. The van der Waals surface area contributed by atoms with Crippen LogP contribution in [0.25, 0.3) is 5.69 Å². The van der Waals surface area contributed by atoms with E-state index in [1.54, 1.807) is 0 Å². The van der Waals surface area contributed by atoms with Crippen LogP contribution < -0.4 is 5.32 Å². The number of halogens is 1. The summed E-state index contributed by atoms with van der Waals surface area (Å²) in [5, 5.41) is 3.89. The Kier molecular flexibility index (Phi) is 6.02. The molecule has 2 aliphatic carbocycles. The molecule has 4 rings (SSSR count). The normalized spacial score (nSPS) is 17.8. The molecule has 1 aromatic heterocycles. The molecule has 1 amide bonds. The number of nitrogens with one attached hydrogen (secondary N) is 1. The summed E-state index contributed by atoms with van der Waals surface area (Å²) in [5.74, 6) is 1.21. The SMILES string of the molecule is CN(Cc1cn(-c2ccc(Cl)cc2)c(C(=O)NC2CCCCC2)n1)CC1CC1. The molecular formula is C22H29ClN4O. The minimum absolute atomic E-state index is 0.0852. The van der Waals surface area contributed by atoms with Crippen LogP contribution in [0.5, 0.6) is 0 Å². The lowest BCUT2D eigenvalue weighted by atomic mass is 9.95. The van der Waals surface area contributed by atoms with Crippen LogP contribution in [0.3, 0.4) is 0 Å². The van der Waals surface area contributed by atoms with E-state index in [1.807, 2.05) is 35.0 Å². The van der Waals surface area contributed by atoms with Gasteiger partial charge in [-0.1, -0.05) is 30.9 Å². The third-order valence-electron chi connectivity index (χ3n) is 5.70. The Morgan fingerprint density at radius 2 is 1.89 bits per heavy atom. The van der Waals surface area contributed by atoms with Crippen LogP contribution in [-0.2, 0) is 6.54 Å². The van der Waals surface area contributed by atoms with Crippen molar-refractivity contribution in [2.24, 2.45) is 5.92 Å². The van der Waals surface area contributed by atoms with E-state index in [-0.39, 0.29) is 11.9 Å². The monoisotopic (exact) mass is 400 g/mol. The molecule has 2 fully saturated rings. The maximum atomic E-state index is 13.0. The molecule has 5 nitrogen and oxygen atoms in total. The molecule has 0 bridgehead atoms. The quantitative estimate of drug-likeness (QED) is 0.747. The number of carbonyl (C=O) groups is 1. The zero-order chi connectivity index (χ0) is 19.5. The number of imidazole rings is 1. The molecule has 6 heteroatoms. The fraction of sp³-hybridized carbons (Fsp3) is 0.545. The van der Waals surface area contributed by atoms with Crippen LogP contribution in [0.15, 0.2) is 30.5 Å². The number of nitrogens with zero attached hydrogens (tertiary/aromatic N) is 3. The maximum absolute atomic E-state index is 13.0. The van der Waals surface area contributed by atoms with Crippen molar-refractivity contribution in [1.29, 1.82) is 0 Å². The third kappa shape index (κ3) is 4.95. The molecule has 2 aromatic rings.